The molecule has 0 bridgehead atoms. The molecule has 0 atom stereocenters. The van der Waals surface area contributed by atoms with Gasteiger partial charge < -0.3 is 10.6 Å². The Hall–Kier alpha value is -4.26. The predicted octanol–water partition coefficient (Wildman–Crippen LogP) is 3.69. The summed E-state index contributed by atoms with van der Waals surface area (Å²) in [7, 11) is 0. The first-order valence-corrected chi connectivity index (χ1v) is 9.38. The fourth-order valence-corrected chi connectivity index (χ4v) is 2.89. The molecular formula is C23H19N5O2. The molecule has 1 amide bonds. The number of pyridine rings is 1. The van der Waals surface area contributed by atoms with Gasteiger partial charge in [0, 0.05) is 41.1 Å². The molecule has 0 spiro atoms. The Morgan fingerprint density at radius 2 is 1.57 bits per heavy atom. The van der Waals surface area contributed by atoms with Gasteiger partial charge in [-0.25, -0.2) is 4.68 Å². The van der Waals surface area contributed by atoms with Crippen molar-refractivity contribution in [1.82, 2.24) is 14.8 Å². The topological polar surface area (TPSA) is 88.9 Å². The Morgan fingerprint density at radius 3 is 2.30 bits per heavy atom. The van der Waals surface area contributed by atoms with Crippen molar-refractivity contribution in [3.05, 3.63) is 102 Å². The summed E-state index contributed by atoms with van der Waals surface area (Å²) in [6.07, 6.45) is 3.32. The molecule has 148 valence electrons. The highest BCUT2D eigenvalue weighted by molar-refractivity contribution is 5.90. The van der Waals surface area contributed by atoms with E-state index in [1.807, 2.05) is 48.5 Å². The number of aromatic nitrogens is 3. The Kier molecular flexibility index (Phi) is 5.61. The summed E-state index contributed by atoms with van der Waals surface area (Å²) in [4.78, 5) is 28.6. The van der Waals surface area contributed by atoms with Crippen molar-refractivity contribution in [3.63, 3.8) is 0 Å². The van der Waals surface area contributed by atoms with E-state index in [0.29, 0.717) is 11.4 Å². The van der Waals surface area contributed by atoms with Gasteiger partial charge in [-0.2, -0.15) is 5.10 Å². The molecule has 0 radical (unpaired) electrons. The minimum atomic E-state index is -0.347. The van der Waals surface area contributed by atoms with E-state index >= 15 is 0 Å². The van der Waals surface area contributed by atoms with Crippen LogP contribution < -0.4 is 16.2 Å². The Bertz CT molecular complexity index is 1190. The summed E-state index contributed by atoms with van der Waals surface area (Å²) >= 11 is 0. The monoisotopic (exact) mass is 397 g/mol. The second kappa shape index (κ2) is 8.83. The zero-order valence-electron chi connectivity index (χ0n) is 16.0. The van der Waals surface area contributed by atoms with E-state index in [4.69, 9.17) is 0 Å². The Balaban J connectivity index is 1.42. The third-order valence-corrected chi connectivity index (χ3v) is 4.35. The third-order valence-electron chi connectivity index (χ3n) is 4.35. The van der Waals surface area contributed by atoms with Crippen LogP contribution in [0.15, 0.2) is 96.1 Å². The van der Waals surface area contributed by atoms with Crippen molar-refractivity contribution in [1.29, 1.82) is 0 Å². The van der Waals surface area contributed by atoms with E-state index in [0.717, 1.165) is 21.6 Å². The third kappa shape index (κ3) is 4.77. The highest BCUT2D eigenvalue weighted by Crippen LogP contribution is 2.18. The molecule has 2 aromatic carbocycles. The number of carbonyl (C=O) groups excluding carboxylic acids is 1. The van der Waals surface area contributed by atoms with E-state index in [1.165, 1.54) is 6.07 Å². The van der Waals surface area contributed by atoms with Crippen LogP contribution in [0.1, 0.15) is 0 Å². The van der Waals surface area contributed by atoms with E-state index in [1.54, 1.807) is 36.7 Å². The zero-order chi connectivity index (χ0) is 20.8. The number of nitrogens with one attached hydrogen (secondary N) is 2. The first-order chi connectivity index (χ1) is 14.7. The summed E-state index contributed by atoms with van der Waals surface area (Å²) < 4.78 is 1.14. The number of nitrogens with zero attached hydrogens (tertiary/aromatic N) is 3. The summed E-state index contributed by atoms with van der Waals surface area (Å²) in [5.74, 6) is -0.336. The molecule has 2 heterocycles. The van der Waals surface area contributed by atoms with Crippen LogP contribution in [-0.2, 0) is 11.3 Å². The van der Waals surface area contributed by atoms with Gasteiger partial charge in [0.15, 0.2) is 0 Å². The summed E-state index contributed by atoms with van der Waals surface area (Å²) in [6.45, 7) is -0.184. The van der Waals surface area contributed by atoms with Crippen LogP contribution in [0.3, 0.4) is 0 Å². The smallest absolute Gasteiger partial charge is 0.267 e. The minimum Gasteiger partial charge on any atom is -0.356 e. The fraction of sp³-hybridized carbons (Fsp3) is 0.0435. The van der Waals surface area contributed by atoms with Gasteiger partial charge in [-0.1, -0.05) is 18.2 Å². The normalized spacial score (nSPS) is 10.4. The fourth-order valence-electron chi connectivity index (χ4n) is 2.89. The van der Waals surface area contributed by atoms with E-state index in [9.17, 15) is 9.59 Å². The minimum absolute atomic E-state index is 0.184. The molecular weight excluding hydrogens is 378 g/mol. The molecule has 2 N–H and O–H groups in total. The van der Waals surface area contributed by atoms with Crippen LogP contribution in [0.2, 0.25) is 0 Å². The molecule has 0 aliphatic heterocycles. The van der Waals surface area contributed by atoms with Gasteiger partial charge >= 0.3 is 0 Å². The lowest BCUT2D eigenvalue weighted by Gasteiger charge is -2.10. The van der Waals surface area contributed by atoms with Crippen molar-refractivity contribution in [2.24, 2.45) is 0 Å². The first kappa shape index (κ1) is 19.1. The number of carbonyl (C=O) groups is 1. The van der Waals surface area contributed by atoms with Gasteiger partial charge in [-0.3, -0.25) is 14.6 Å². The van der Waals surface area contributed by atoms with Crippen LogP contribution in [0.5, 0.6) is 0 Å². The van der Waals surface area contributed by atoms with Gasteiger partial charge in [-0.15, -0.1) is 0 Å². The maximum Gasteiger partial charge on any atom is 0.267 e. The van der Waals surface area contributed by atoms with Crippen LogP contribution in [0.4, 0.5) is 17.1 Å². The van der Waals surface area contributed by atoms with Crippen LogP contribution in [0, 0.1) is 0 Å². The lowest BCUT2D eigenvalue weighted by Crippen LogP contribution is -2.29. The molecule has 4 rings (SSSR count). The molecule has 30 heavy (non-hydrogen) atoms. The second-order valence-electron chi connectivity index (χ2n) is 6.57. The van der Waals surface area contributed by atoms with Crippen molar-refractivity contribution in [3.8, 4) is 11.3 Å². The van der Waals surface area contributed by atoms with Crippen LogP contribution >= 0.6 is 0 Å². The summed E-state index contributed by atoms with van der Waals surface area (Å²) in [5.41, 5.74) is 3.52. The van der Waals surface area contributed by atoms with Gasteiger partial charge in [0.05, 0.1) is 5.69 Å². The molecule has 7 heteroatoms. The standard InChI is InChI=1S/C23H19N5O2/c29-22(16-28-23(30)13-12-21(27-28)17-5-4-14-24-15-17)26-20-10-8-19(9-11-20)25-18-6-2-1-3-7-18/h1-15,25H,16H2,(H,26,29). The SMILES string of the molecule is O=C(Cn1nc(-c2cccnc2)ccc1=O)Nc1ccc(Nc2ccccc2)cc1. The number of hydrogen-bond donors (Lipinski definition) is 2. The van der Waals surface area contributed by atoms with Crippen molar-refractivity contribution in [2.45, 2.75) is 6.54 Å². The molecule has 0 saturated carbocycles. The quantitative estimate of drug-likeness (QED) is 0.518. The predicted molar refractivity (Wildman–Crippen MR) is 117 cm³/mol. The molecule has 4 aromatic rings. The van der Waals surface area contributed by atoms with Gasteiger partial charge in [-0.05, 0) is 54.6 Å². The van der Waals surface area contributed by atoms with E-state index < -0.39 is 0 Å². The van der Waals surface area contributed by atoms with E-state index in [-0.39, 0.29) is 18.0 Å². The lowest BCUT2D eigenvalue weighted by atomic mass is 10.2. The maximum atomic E-state index is 12.4. The number of amides is 1. The van der Waals surface area contributed by atoms with Crippen LogP contribution in [-0.4, -0.2) is 20.7 Å². The number of rotatable bonds is 6. The Morgan fingerprint density at radius 1 is 0.833 bits per heavy atom. The second-order valence-corrected chi connectivity index (χ2v) is 6.57. The van der Waals surface area contributed by atoms with Crippen LogP contribution in [0.25, 0.3) is 11.3 Å². The number of benzene rings is 2. The Labute approximate surface area is 173 Å². The first-order valence-electron chi connectivity index (χ1n) is 9.38. The highest BCUT2D eigenvalue weighted by atomic mass is 16.2. The molecule has 0 unspecified atom stereocenters. The van der Waals surface area contributed by atoms with Gasteiger partial charge in [0.1, 0.15) is 6.54 Å². The van der Waals surface area contributed by atoms with E-state index in [2.05, 4.69) is 20.7 Å². The molecule has 0 aliphatic carbocycles. The zero-order valence-corrected chi connectivity index (χ0v) is 16.0. The molecule has 7 nitrogen and oxygen atoms in total. The van der Waals surface area contributed by atoms with Gasteiger partial charge in [0.2, 0.25) is 5.91 Å². The van der Waals surface area contributed by atoms with Gasteiger partial charge in [0.25, 0.3) is 5.56 Å². The average Bonchev–Trinajstić information content (AvgIpc) is 2.78. The average molecular weight is 397 g/mol. The summed E-state index contributed by atoms with van der Waals surface area (Å²) in [5, 5.41) is 10.3. The molecule has 0 fully saturated rings. The molecule has 2 aromatic heterocycles. The maximum absolute atomic E-state index is 12.4. The highest BCUT2D eigenvalue weighted by Gasteiger charge is 2.09. The number of hydrogen-bond acceptors (Lipinski definition) is 5. The largest absolute Gasteiger partial charge is 0.356 e. The number of anilines is 3. The summed E-state index contributed by atoms with van der Waals surface area (Å²) in [6, 6.07) is 23.8. The molecule has 0 aliphatic rings. The van der Waals surface area contributed by atoms with Crippen molar-refractivity contribution >= 4 is 23.0 Å². The lowest BCUT2D eigenvalue weighted by molar-refractivity contribution is -0.117. The van der Waals surface area contributed by atoms with Crippen molar-refractivity contribution < 1.29 is 4.79 Å². The molecule has 0 saturated heterocycles. The number of para-hydroxylation sites is 1. The van der Waals surface area contributed by atoms with Crippen molar-refractivity contribution in [2.75, 3.05) is 10.6 Å².